The molecule has 12 heteroatoms. The molecule has 2 heterocycles. The van der Waals surface area contributed by atoms with Gasteiger partial charge in [-0.15, -0.1) is 0 Å². The first-order chi connectivity index (χ1) is 22.2. The zero-order chi connectivity index (χ0) is 32.5. The Balaban J connectivity index is 1.34. The Morgan fingerprint density at radius 2 is 1.89 bits per heavy atom. The number of halogens is 1. The Kier molecular flexibility index (Phi) is 9.23. The third-order valence-electron chi connectivity index (χ3n) is 9.07. The number of hydrogen-bond donors (Lipinski definition) is 2. The van der Waals surface area contributed by atoms with Gasteiger partial charge in [-0.3, -0.25) is 19.7 Å². The minimum Gasteiger partial charge on any atom is -0.507 e. The Labute approximate surface area is 274 Å². The van der Waals surface area contributed by atoms with Crippen LogP contribution in [0.1, 0.15) is 30.4 Å². The van der Waals surface area contributed by atoms with Crippen LogP contribution in [0, 0.1) is 27.9 Å². The summed E-state index contributed by atoms with van der Waals surface area (Å²) in [6, 6.07) is 20.6. The number of benzene rings is 3. The van der Waals surface area contributed by atoms with E-state index in [1.165, 1.54) is 24.3 Å². The van der Waals surface area contributed by atoms with Gasteiger partial charge in [0.2, 0.25) is 11.8 Å². The van der Waals surface area contributed by atoms with Crippen LogP contribution in [0.25, 0.3) is 11.6 Å². The lowest BCUT2D eigenvalue weighted by Gasteiger charge is -2.43. The number of carbonyl (C=O) groups excluding carboxylic acids is 2. The predicted molar refractivity (Wildman–Crippen MR) is 177 cm³/mol. The second-order valence-corrected chi connectivity index (χ2v) is 12.7. The highest BCUT2D eigenvalue weighted by Crippen LogP contribution is 2.51. The number of nitro groups is 1. The lowest BCUT2D eigenvalue weighted by atomic mass is 9.58. The Morgan fingerprint density at radius 3 is 2.63 bits per heavy atom. The Hall–Kier alpha value is -4.10. The van der Waals surface area contributed by atoms with Gasteiger partial charge in [-0.25, -0.2) is 4.90 Å². The van der Waals surface area contributed by atoms with Gasteiger partial charge in [0.15, 0.2) is 0 Å². The molecule has 0 unspecified atom stereocenters. The zero-order valence-electron chi connectivity index (χ0n) is 25.0. The smallest absolute Gasteiger partial charge is 0.455 e. The topological polar surface area (TPSA) is 139 Å². The van der Waals surface area contributed by atoms with Crippen molar-refractivity contribution >= 4 is 57.9 Å². The fourth-order valence-corrected chi connectivity index (χ4v) is 7.52. The maximum absolute atomic E-state index is 14.0. The molecule has 2 N–H and O–H groups in total. The number of phenols is 1. The van der Waals surface area contributed by atoms with E-state index in [1.54, 1.807) is 19.2 Å². The minimum absolute atomic E-state index is 0.134. The van der Waals surface area contributed by atoms with Crippen LogP contribution in [-0.2, 0) is 19.0 Å². The van der Waals surface area contributed by atoms with Gasteiger partial charge in [0.1, 0.15) is 5.75 Å². The standard InChI is InChI=1S/C34H32BBrN2O8/c1-45-19-23-16-27-32(34(41)37(33(27)40)25-8-5-9-26(17-25)38(43)44)28-18-35(42)46-30(31(23)28)13-10-21(20-6-3-2-4-7-20)14-22-15-24(36)11-12-29(22)39/h2-9,11-12,14-15,17,27-28,30,32,39,42H,10,13,16,18-19H2,1H3/b21-14-/t27-,28+,30-,32-/m1/s1. The summed E-state index contributed by atoms with van der Waals surface area (Å²) >= 11 is 3.48. The number of ether oxygens (including phenoxy) is 1. The number of allylic oxidation sites excluding steroid dienone is 1. The second-order valence-electron chi connectivity index (χ2n) is 11.8. The van der Waals surface area contributed by atoms with Crippen LogP contribution in [0.4, 0.5) is 11.4 Å². The van der Waals surface area contributed by atoms with Crippen molar-refractivity contribution in [3.63, 3.8) is 0 Å². The third kappa shape index (κ3) is 6.17. The number of nitro benzene ring substituents is 1. The molecule has 46 heavy (non-hydrogen) atoms. The van der Waals surface area contributed by atoms with Gasteiger partial charge in [-0.05, 0) is 84.1 Å². The van der Waals surface area contributed by atoms with Gasteiger partial charge in [-0.2, -0.15) is 0 Å². The van der Waals surface area contributed by atoms with Crippen molar-refractivity contribution in [2.24, 2.45) is 17.8 Å². The second kappa shape index (κ2) is 13.3. The van der Waals surface area contributed by atoms with Gasteiger partial charge >= 0.3 is 7.12 Å². The van der Waals surface area contributed by atoms with Gasteiger partial charge in [-0.1, -0.05) is 52.3 Å². The number of anilines is 1. The number of amides is 2. The van der Waals surface area contributed by atoms with Gasteiger partial charge < -0.3 is 19.5 Å². The van der Waals surface area contributed by atoms with Crippen molar-refractivity contribution in [2.75, 3.05) is 18.6 Å². The number of non-ortho nitro benzene ring substituents is 1. The van der Waals surface area contributed by atoms with E-state index in [9.17, 15) is 29.8 Å². The summed E-state index contributed by atoms with van der Waals surface area (Å²) in [6.45, 7) is 0.233. The lowest BCUT2D eigenvalue weighted by molar-refractivity contribution is -0.384. The summed E-state index contributed by atoms with van der Waals surface area (Å²) in [7, 11) is 0.411. The zero-order valence-corrected chi connectivity index (χ0v) is 26.6. The van der Waals surface area contributed by atoms with Crippen LogP contribution >= 0.6 is 15.9 Å². The molecular weight excluding hydrogens is 655 g/mol. The number of carbonyl (C=O) groups is 2. The van der Waals surface area contributed by atoms with E-state index in [2.05, 4.69) is 15.9 Å². The number of hydrogen-bond acceptors (Lipinski definition) is 8. The maximum atomic E-state index is 14.0. The van der Waals surface area contributed by atoms with Gasteiger partial charge in [0.05, 0.1) is 35.2 Å². The van der Waals surface area contributed by atoms with Crippen LogP contribution in [0.15, 0.2) is 88.4 Å². The van der Waals surface area contributed by atoms with Crippen LogP contribution in [0.3, 0.4) is 0 Å². The van der Waals surface area contributed by atoms with Crippen LogP contribution in [0.5, 0.6) is 5.75 Å². The molecule has 6 rings (SSSR count). The molecule has 0 radical (unpaired) electrons. The number of nitrogens with zero attached hydrogens (tertiary/aromatic N) is 2. The highest BCUT2D eigenvalue weighted by molar-refractivity contribution is 9.10. The average molecular weight is 687 g/mol. The van der Waals surface area contributed by atoms with E-state index in [4.69, 9.17) is 9.39 Å². The van der Waals surface area contributed by atoms with Crippen LogP contribution < -0.4 is 4.90 Å². The molecule has 10 nitrogen and oxygen atoms in total. The number of imide groups is 1. The number of fused-ring (bicyclic) bond motifs is 3. The molecule has 3 aliphatic rings. The largest absolute Gasteiger partial charge is 0.507 e. The van der Waals surface area contributed by atoms with E-state index in [-0.39, 0.29) is 36.5 Å². The van der Waals surface area contributed by atoms with Crippen molar-refractivity contribution < 1.29 is 34.0 Å². The SMILES string of the molecule is COCC1=C2[C@@H](CC/C(=C/c3cc(Br)ccc3O)c3ccccc3)OB(O)C[C@@H]2[C@@H]2C(=O)N(c3cccc([N+](=O)[O-])c3)C(=O)[C@@H]2C1. The van der Waals surface area contributed by atoms with E-state index in [0.717, 1.165) is 31.7 Å². The Bertz CT molecular complexity index is 1750. The maximum Gasteiger partial charge on any atom is 0.455 e. The van der Waals surface area contributed by atoms with Crippen molar-refractivity contribution in [3.05, 3.63) is 110 Å². The number of rotatable bonds is 9. The van der Waals surface area contributed by atoms with E-state index in [1.807, 2.05) is 42.5 Å². The Morgan fingerprint density at radius 1 is 1.11 bits per heavy atom. The molecule has 2 fully saturated rings. The highest BCUT2D eigenvalue weighted by Gasteiger charge is 2.57. The first-order valence-corrected chi connectivity index (χ1v) is 15.9. The molecule has 4 atom stereocenters. The summed E-state index contributed by atoms with van der Waals surface area (Å²) in [5, 5.41) is 33.0. The quantitative estimate of drug-likeness (QED) is 0.0695. The molecule has 2 saturated heterocycles. The third-order valence-corrected chi connectivity index (χ3v) is 9.56. The molecule has 2 amide bonds. The summed E-state index contributed by atoms with van der Waals surface area (Å²) in [6.07, 6.45) is 2.77. The highest BCUT2D eigenvalue weighted by atomic mass is 79.9. The van der Waals surface area contributed by atoms with Crippen molar-refractivity contribution in [2.45, 2.75) is 31.7 Å². The minimum atomic E-state index is -1.16. The fourth-order valence-electron chi connectivity index (χ4n) is 7.14. The molecule has 3 aromatic rings. The molecule has 236 valence electrons. The van der Waals surface area contributed by atoms with Crippen LogP contribution in [0.2, 0.25) is 6.32 Å². The van der Waals surface area contributed by atoms with E-state index >= 15 is 0 Å². The van der Waals surface area contributed by atoms with Crippen molar-refractivity contribution in [1.29, 1.82) is 0 Å². The fraction of sp³-hybridized carbons (Fsp3) is 0.294. The number of phenolic OH excluding ortho intramolecular Hbond substituents is 1. The van der Waals surface area contributed by atoms with Crippen molar-refractivity contribution in [3.8, 4) is 5.75 Å². The molecule has 1 aliphatic carbocycles. The number of aromatic hydroxyl groups is 1. The van der Waals surface area contributed by atoms with Crippen LogP contribution in [-0.4, -0.2) is 53.8 Å². The van der Waals surface area contributed by atoms with E-state index < -0.39 is 47.7 Å². The molecule has 0 spiro atoms. The lowest BCUT2D eigenvalue weighted by Crippen LogP contribution is -2.46. The molecule has 3 aromatic carbocycles. The molecular formula is C34H32BBrN2O8. The molecule has 0 bridgehead atoms. The van der Waals surface area contributed by atoms with E-state index in [0.29, 0.717) is 18.4 Å². The first-order valence-electron chi connectivity index (χ1n) is 15.1. The predicted octanol–water partition coefficient (Wildman–Crippen LogP) is 6.03. The summed E-state index contributed by atoms with van der Waals surface area (Å²) in [4.78, 5) is 39.7. The monoisotopic (exact) mass is 686 g/mol. The first kappa shape index (κ1) is 31.9. The average Bonchev–Trinajstić information content (AvgIpc) is 3.30. The van der Waals surface area contributed by atoms with Crippen molar-refractivity contribution in [1.82, 2.24) is 0 Å². The summed E-state index contributed by atoms with van der Waals surface area (Å²) < 4.78 is 12.5. The summed E-state index contributed by atoms with van der Waals surface area (Å²) in [5.74, 6) is -2.61. The van der Waals surface area contributed by atoms with Gasteiger partial charge in [0, 0.05) is 29.3 Å². The molecule has 2 aliphatic heterocycles. The number of methoxy groups -OCH3 is 1. The normalized spacial score (nSPS) is 23.1. The van der Waals surface area contributed by atoms with Gasteiger partial charge in [0.25, 0.3) is 5.69 Å². The molecule has 0 aromatic heterocycles. The molecule has 0 saturated carbocycles. The summed E-state index contributed by atoms with van der Waals surface area (Å²) in [5.41, 5.74) is 4.23.